The first-order chi connectivity index (χ1) is 11.2. The molecule has 3 aromatic rings. The molecule has 1 aliphatic rings. The van der Waals surface area contributed by atoms with Gasteiger partial charge in [0.05, 0.1) is 0 Å². The molecule has 0 spiro atoms. The van der Waals surface area contributed by atoms with Crippen LogP contribution in [0.3, 0.4) is 0 Å². The number of H-pyrrole nitrogens is 1. The van der Waals surface area contributed by atoms with E-state index in [1.165, 1.54) is 12.1 Å². The number of hydrogen-bond donors (Lipinski definition) is 1. The third-order valence-electron chi connectivity index (χ3n) is 4.24. The lowest BCUT2D eigenvalue weighted by molar-refractivity contribution is 0.276. The van der Waals surface area contributed by atoms with Crippen molar-refractivity contribution < 1.29 is 8.78 Å². The molecular formula is C17H16F2N4. The van der Waals surface area contributed by atoms with Gasteiger partial charge < -0.3 is 9.88 Å². The van der Waals surface area contributed by atoms with E-state index >= 15 is 0 Å². The molecule has 1 aliphatic heterocycles. The van der Waals surface area contributed by atoms with E-state index in [9.17, 15) is 8.78 Å². The maximum absolute atomic E-state index is 13.3. The molecule has 4 rings (SSSR count). The molecule has 1 aromatic carbocycles. The van der Waals surface area contributed by atoms with E-state index in [2.05, 4.69) is 15.0 Å². The first-order valence-electron chi connectivity index (χ1n) is 7.69. The molecule has 1 fully saturated rings. The van der Waals surface area contributed by atoms with Crippen LogP contribution in [-0.2, 0) is 0 Å². The number of fused-ring (bicyclic) bond motifs is 1. The number of hydrogen-bond acceptors (Lipinski definition) is 3. The number of aromatic amines is 1. The van der Waals surface area contributed by atoms with E-state index in [0.717, 1.165) is 22.2 Å². The zero-order valence-corrected chi connectivity index (χ0v) is 12.5. The number of aromatic nitrogens is 3. The fourth-order valence-corrected chi connectivity index (χ4v) is 2.93. The number of benzene rings is 1. The van der Waals surface area contributed by atoms with E-state index in [4.69, 9.17) is 0 Å². The molecule has 0 bridgehead atoms. The van der Waals surface area contributed by atoms with Gasteiger partial charge in [-0.1, -0.05) is 0 Å². The van der Waals surface area contributed by atoms with Crippen LogP contribution in [0, 0.1) is 5.82 Å². The van der Waals surface area contributed by atoms with Gasteiger partial charge in [-0.3, -0.25) is 0 Å². The van der Waals surface area contributed by atoms with Crippen LogP contribution < -0.4 is 4.90 Å². The van der Waals surface area contributed by atoms with Crippen LogP contribution in [0.25, 0.3) is 22.2 Å². The average Bonchev–Trinajstić information content (AvgIpc) is 2.99. The van der Waals surface area contributed by atoms with Gasteiger partial charge in [0.2, 0.25) is 5.95 Å². The predicted molar refractivity (Wildman–Crippen MR) is 85.6 cm³/mol. The van der Waals surface area contributed by atoms with E-state index in [1.807, 2.05) is 11.0 Å². The maximum atomic E-state index is 13.3. The van der Waals surface area contributed by atoms with E-state index in [-0.39, 0.29) is 5.82 Å². The lowest BCUT2D eigenvalue weighted by Gasteiger charge is -2.28. The molecule has 0 aliphatic carbocycles. The Bertz CT molecular complexity index is 820. The highest BCUT2D eigenvalue weighted by atomic mass is 19.1. The minimum atomic E-state index is -0.711. The van der Waals surface area contributed by atoms with E-state index in [0.29, 0.717) is 31.9 Å². The van der Waals surface area contributed by atoms with Crippen molar-refractivity contribution in [2.45, 2.75) is 19.0 Å². The van der Waals surface area contributed by atoms with Crippen molar-refractivity contribution >= 4 is 16.9 Å². The second kappa shape index (κ2) is 5.61. The highest BCUT2D eigenvalue weighted by Crippen LogP contribution is 2.25. The average molecular weight is 314 g/mol. The Kier molecular flexibility index (Phi) is 3.44. The van der Waals surface area contributed by atoms with Crippen LogP contribution in [-0.4, -0.2) is 34.2 Å². The Morgan fingerprint density at radius 3 is 2.57 bits per heavy atom. The minimum Gasteiger partial charge on any atom is -0.354 e. The van der Waals surface area contributed by atoms with Crippen LogP contribution in [0.5, 0.6) is 0 Å². The summed E-state index contributed by atoms with van der Waals surface area (Å²) in [5.74, 6) is 0.358. The summed E-state index contributed by atoms with van der Waals surface area (Å²) in [5.41, 5.74) is 2.43. The second-order valence-electron chi connectivity index (χ2n) is 5.85. The molecule has 0 atom stereocenters. The van der Waals surface area contributed by atoms with Crippen LogP contribution >= 0.6 is 0 Å². The zero-order valence-electron chi connectivity index (χ0n) is 12.5. The molecule has 4 nitrogen and oxygen atoms in total. The van der Waals surface area contributed by atoms with Gasteiger partial charge in [-0.05, 0) is 37.1 Å². The summed E-state index contributed by atoms with van der Waals surface area (Å²) in [6.45, 7) is 1.29. The molecule has 3 heterocycles. The summed E-state index contributed by atoms with van der Waals surface area (Å²) in [6, 6.07) is 6.59. The third kappa shape index (κ3) is 2.76. The standard InChI is InChI=1S/C17H16F2N4/c18-13-3-5-23(6-4-13)17-20-9-12(10-21-17)15-7-11-1-2-14(19)8-16(11)22-15/h1-2,7-10,13,22H,3-6H2. The third-order valence-corrected chi connectivity index (χ3v) is 4.24. The highest BCUT2D eigenvalue weighted by Gasteiger charge is 2.20. The van der Waals surface area contributed by atoms with E-state index in [1.54, 1.807) is 18.5 Å². The number of anilines is 1. The van der Waals surface area contributed by atoms with Gasteiger partial charge in [-0.25, -0.2) is 18.7 Å². The largest absolute Gasteiger partial charge is 0.354 e. The molecule has 1 N–H and O–H groups in total. The van der Waals surface area contributed by atoms with Crippen molar-refractivity contribution in [3.8, 4) is 11.3 Å². The van der Waals surface area contributed by atoms with Gasteiger partial charge >= 0.3 is 0 Å². The maximum Gasteiger partial charge on any atom is 0.225 e. The number of alkyl halides is 1. The Morgan fingerprint density at radius 1 is 1.09 bits per heavy atom. The van der Waals surface area contributed by atoms with Crippen LogP contribution in [0.15, 0.2) is 36.7 Å². The van der Waals surface area contributed by atoms with Crippen LogP contribution in [0.4, 0.5) is 14.7 Å². The molecule has 0 radical (unpaired) electrons. The molecule has 6 heteroatoms. The molecular weight excluding hydrogens is 298 g/mol. The number of nitrogens with zero attached hydrogens (tertiary/aromatic N) is 3. The summed E-state index contributed by atoms with van der Waals surface area (Å²) in [4.78, 5) is 14.0. The van der Waals surface area contributed by atoms with Crippen molar-refractivity contribution in [2.24, 2.45) is 0 Å². The fraction of sp³-hybridized carbons (Fsp3) is 0.294. The predicted octanol–water partition coefficient (Wildman–Crippen LogP) is 3.70. The number of nitrogens with one attached hydrogen (secondary N) is 1. The van der Waals surface area contributed by atoms with Gasteiger partial charge in [0.25, 0.3) is 0 Å². The highest BCUT2D eigenvalue weighted by molar-refractivity contribution is 5.85. The first kappa shape index (κ1) is 14.1. The van der Waals surface area contributed by atoms with Crippen LogP contribution in [0.1, 0.15) is 12.8 Å². The molecule has 0 unspecified atom stereocenters. The normalized spacial score (nSPS) is 16.2. The van der Waals surface area contributed by atoms with Gasteiger partial charge in [-0.15, -0.1) is 0 Å². The molecule has 118 valence electrons. The van der Waals surface area contributed by atoms with Gasteiger partial charge in [0.1, 0.15) is 12.0 Å². The molecule has 0 saturated carbocycles. The molecule has 2 aromatic heterocycles. The first-order valence-corrected chi connectivity index (χ1v) is 7.69. The summed E-state index contributed by atoms with van der Waals surface area (Å²) in [7, 11) is 0. The van der Waals surface area contributed by atoms with Gasteiger partial charge in [0.15, 0.2) is 0 Å². The monoisotopic (exact) mass is 314 g/mol. The Morgan fingerprint density at radius 2 is 1.83 bits per heavy atom. The molecule has 23 heavy (non-hydrogen) atoms. The topological polar surface area (TPSA) is 44.8 Å². The van der Waals surface area contributed by atoms with Crippen molar-refractivity contribution in [1.82, 2.24) is 15.0 Å². The Hall–Kier alpha value is -2.50. The van der Waals surface area contributed by atoms with Crippen molar-refractivity contribution in [2.75, 3.05) is 18.0 Å². The van der Waals surface area contributed by atoms with Crippen molar-refractivity contribution in [1.29, 1.82) is 0 Å². The fourth-order valence-electron chi connectivity index (χ4n) is 2.93. The van der Waals surface area contributed by atoms with Gasteiger partial charge in [-0.2, -0.15) is 0 Å². The van der Waals surface area contributed by atoms with Crippen molar-refractivity contribution in [3.05, 3.63) is 42.5 Å². The quantitative estimate of drug-likeness (QED) is 0.784. The summed E-state index contributed by atoms with van der Waals surface area (Å²) < 4.78 is 26.4. The second-order valence-corrected chi connectivity index (χ2v) is 5.85. The summed E-state index contributed by atoms with van der Waals surface area (Å²) in [5, 5.41) is 0.940. The minimum absolute atomic E-state index is 0.270. The lowest BCUT2D eigenvalue weighted by atomic mass is 10.1. The van der Waals surface area contributed by atoms with Crippen molar-refractivity contribution in [3.63, 3.8) is 0 Å². The Balaban J connectivity index is 1.59. The lowest BCUT2D eigenvalue weighted by Crippen LogP contribution is -2.35. The molecule has 1 saturated heterocycles. The number of piperidine rings is 1. The smallest absolute Gasteiger partial charge is 0.225 e. The van der Waals surface area contributed by atoms with E-state index < -0.39 is 6.17 Å². The summed E-state index contributed by atoms with van der Waals surface area (Å²) >= 11 is 0. The SMILES string of the molecule is Fc1ccc2cc(-c3cnc(N4CCC(F)CC4)nc3)[nH]c2c1. The summed E-state index contributed by atoms with van der Waals surface area (Å²) in [6.07, 6.45) is 3.82. The van der Waals surface area contributed by atoms with Gasteiger partial charge in [0, 0.05) is 47.6 Å². The van der Waals surface area contributed by atoms with Crippen LogP contribution in [0.2, 0.25) is 0 Å². The zero-order chi connectivity index (χ0) is 15.8. The Labute approximate surface area is 132 Å². The number of rotatable bonds is 2. The molecule has 0 amide bonds. The number of halogens is 2.